The molecule has 0 unspecified atom stereocenters. The number of amides is 2. The Labute approximate surface area is 213 Å². The number of piperazine rings is 1. The van der Waals surface area contributed by atoms with Gasteiger partial charge in [-0.2, -0.15) is 0 Å². The molecule has 0 spiro atoms. The predicted octanol–water partition coefficient (Wildman–Crippen LogP) is 3.16. The lowest BCUT2D eigenvalue weighted by Gasteiger charge is -2.38. The van der Waals surface area contributed by atoms with Crippen molar-refractivity contribution in [3.05, 3.63) is 97.1 Å². The summed E-state index contributed by atoms with van der Waals surface area (Å²) in [6, 6.07) is 17.9. The van der Waals surface area contributed by atoms with E-state index in [-0.39, 0.29) is 18.9 Å². The number of aliphatic hydroxyl groups is 1. The molecule has 2 amide bonds. The van der Waals surface area contributed by atoms with E-state index in [9.17, 15) is 14.7 Å². The summed E-state index contributed by atoms with van der Waals surface area (Å²) in [5.41, 5.74) is 9.47. The Balaban J connectivity index is 1.56. The van der Waals surface area contributed by atoms with Crippen molar-refractivity contribution in [3.63, 3.8) is 0 Å². The van der Waals surface area contributed by atoms with E-state index in [1.807, 2.05) is 48.5 Å². The molecule has 190 valence electrons. The van der Waals surface area contributed by atoms with Crippen molar-refractivity contribution in [2.45, 2.75) is 19.1 Å². The Kier molecular flexibility index (Phi) is 10.0. The highest BCUT2D eigenvalue weighted by atomic mass is 16.5. The zero-order valence-electron chi connectivity index (χ0n) is 20.6. The molecule has 1 heterocycles. The van der Waals surface area contributed by atoms with Gasteiger partial charge >= 0.3 is 0 Å². The van der Waals surface area contributed by atoms with Gasteiger partial charge in [0.2, 0.25) is 11.8 Å². The highest BCUT2D eigenvalue weighted by Gasteiger charge is 2.35. The van der Waals surface area contributed by atoms with Crippen molar-refractivity contribution in [1.29, 1.82) is 0 Å². The molecule has 3 rings (SSSR count). The van der Waals surface area contributed by atoms with Crippen molar-refractivity contribution in [2.24, 2.45) is 11.7 Å². The average Bonchev–Trinajstić information content (AvgIpc) is 2.92. The molecule has 2 aromatic carbocycles. The van der Waals surface area contributed by atoms with Gasteiger partial charge in [0, 0.05) is 38.5 Å². The second kappa shape index (κ2) is 13.4. The summed E-state index contributed by atoms with van der Waals surface area (Å²) in [5, 5.41) is 10.4. The van der Waals surface area contributed by atoms with Crippen LogP contribution in [0.3, 0.4) is 0 Å². The maximum Gasteiger partial charge on any atom is 0.247 e. The minimum Gasteiger partial charge on any atom is -0.382 e. The molecule has 2 aromatic rings. The summed E-state index contributed by atoms with van der Waals surface area (Å²) in [6.07, 6.45) is 4.10. The number of benzene rings is 2. The number of aliphatic hydroxyl groups excluding tert-OH is 1. The summed E-state index contributed by atoms with van der Waals surface area (Å²) in [4.78, 5) is 28.8. The number of ether oxygens (including phenoxy) is 1. The number of nitrogens with zero attached hydrogens (tertiary/aromatic N) is 2. The lowest BCUT2D eigenvalue weighted by Crippen LogP contribution is -2.53. The van der Waals surface area contributed by atoms with Gasteiger partial charge in [0.25, 0.3) is 0 Å². The number of rotatable bonds is 12. The van der Waals surface area contributed by atoms with E-state index >= 15 is 0 Å². The lowest BCUT2D eigenvalue weighted by atomic mass is 9.96. The smallest absolute Gasteiger partial charge is 0.247 e. The van der Waals surface area contributed by atoms with Gasteiger partial charge in [0.1, 0.15) is 6.10 Å². The minimum absolute atomic E-state index is 0.210. The van der Waals surface area contributed by atoms with Crippen LogP contribution in [-0.4, -0.2) is 60.7 Å². The van der Waals surface area contributed by atoms with Crippen LogP contribution in [-0.2, 0) is 20.9 Å². The van der Waals surface area contributed by atoms with Crippen LogP contribution in [0.15, 0.2) is 86.0 Å². The second-order valence-electron chi connectivity index (χ2n) is 8.70. The zero-order valence-corrected chi connectivity index (χ0v) is 20.6. The maximum absolute atomic E-state index is 13.2. The van der Waals surface area contributed by atoms with Crippen LogP contribution in [0.1, 0.15) is 17.5 Å². The molecular weight excluding hydrogens is 454 g/mol. The van der Waals surface area contributed by atoms with Crippen molar-refractivity contribution >= 4 is 23.1 Å². The summed E-state index contributed by atoms with van der Waals surface area (Å²) in [5.74, 6) is -2.11. The Morgan fingerprint density at radius 2 is 1.69 bits per heavy atom. The lowest BCUT2D eigenvalue weighted by molar-refractivity contribution is -0.146. The van der Waals surface area contributed by atoms with Crippen LogP contribution in [0.25, 0.3) is 5.57 Å². The quantitative estimate of drug-likeness (QED) is 0.353. The molecule has 1 saturated heterocycles. The van der Waals surface area contributed by atoms with Crippen LogP contribution in [0, 0.1) is 5.92 Å². The van der Waals surface area contributed by atoms with Crippen molar-refractivity contribution < 1.29 is 19.4 Å². The molecule has 1 aliphatic rings. The Morgan fingerprint density at radius 3 is 2.28 bits per heavy atom. The fourth-order valence-corrected chi connectivity index (χ4v) is 4.28. The monoisotopic (exact) mass is 489 g/mol. The molecule has 36 heavy (non-hydrogen) atoms. The fraction of sp³-hybridized carbons (Fsp3) is 0.310. The molecule has 0 saturated carbocycles. The first kappa shape index (κ1) is 26.9. The van der Waals surface area contributed by atoms with Gasteiger partial charge in [-0.05, 0) is 35.3 Å². The first-order chi connectivity index (χ1) is 17.4. The number of anilines is 1. The normalized spacial score (nSPS) is 15.8. The maximum atomic E-state index is 13.2. The third-order valence-corrected chi connectivity index (χ3v) is 6.35. The molecule has 0 aliphatic carbocycles. The van der Waals surface area contributed by atoms with E-state index in [1.165, 1.54) is 0 Å². The fourth-order valence-electron chi connectivity index (χ4n) is 4.28. The van der Waals surface area contributed by atoms with E-state index in [4.69, 9.17) is 10.5 Å². The van der Waals surface area contributed by atoms with Gasteiger partial charge in [-0.3, -0.25) is 9.59 Å². The summed E-state index contributed by atoms with van der Waals surface area (Å²) >= 11 is 0. The number of carbonyl (C=O) groups is 2. The molecule has 7 nitrogen and oxygen atoms in total. The minimum atomic E-state index is -1.55. The molecule has 1 aliphatic heterocycles. The van der Waals surface area contributed by atoms with Crippen LogP contribution in [0.5, 0.6) is 0 Å². The van der Waals surface area contributed by atoms with E-state index in [1.54, 1.807) is 17.1 Å². The summed E-state index contributed by atoms with van der Waals surface area (Å²) in [7, 11) is 0. The van der Waals surface area contributed by atoms with Gasteiger partial charge in [-0.25, -0.2) is 0 Å². The van der Waals surface area contributed by atoms with E-state index < -0.39 is 17.9 Å². The Morgan fingerprint density at radius 1 is 1.03 bits per heavy atom. The van der Waals surface area contributed by atoms with E-state index in [0.717, 1.165) is 22.4 Å². The number of primary amides is 1. The molecular formula is C29H35N3O4. The predicted molar refractivity (Wildman–Crippen MR) is 143 cm³/mol. The van der Waals surface area contributed by atoms with Gasteiger partial charge in [0.05, 0.1) is 12.5 Å². The van der Waals surface area contributed by atoms with Crippen LogP contribution in [0.2, 0.25) is 0 Å². The first-order valence-electron chi connectivity index (χ1n) is 12.1. The van der Waals surface area contributed by atoms with Gasteiger partial charge in [0.15, 0.2) is 0 Å². The van der Waals surface area contributed by atoms with Crippen molar-refractivity contribution in [1.82, 2.24) is 4.90 Å². The largest absolute Gasteiger partial charge is 0.382 e. The molecule has 0 radical (unpaired) electrons. The average molecular weight is 490 g/mol. The topological polar surface area (TPSA) is 96.1 Å². The number of hydrogen-bond acceptors (Lipinski definition) is 5. The summed E-state index contributed by atoms with van der Waals surface area (Å²) < 4.78 is 5.68. The number of nitrogens with two attached hydrogens (primary N) is 1. The Hall–Kier alpha value is -3.68. The molecule has 1 fully saturated rings. The molecule has 3 N–H and O–H groups in total. The third-order valence-electron chi connectivity index (χ3n) is 6.35. The van der Waals surface area contributed by atoms with Crippen LogP contribution in [0.4, 0.5) is 5.69 Å². The van der Waals surface area contributed by atoms with E-state index in [0.29, 0.717) is 32.8 Å². The highest BCUT2D eigenvalue weighted by Crippen LogP contribution is 2.23. The van der Waals surface area contributed by atoms with Crippen LogP contribution < -0.4 is 10.6 Å². The van der Waals surface area contributed by atoms with Gasteiger partial charge in [-0.1, -0.05) is 73.9 Å². The molecule has 7 heteroatoms. The molecule has 0 bridgehead atoms. The molecule has 0 aromatic heterocycles. The molecule has 2 atom stereocenters. The highest BCUT2D eigenvalue weighted by molar-refractivity contribution is 5.88. The van der Waals surface area contributed by atoms with Crippen molar-refractivity contribution in [3.8, 4) is 0 Å². The van der Waals surface area contributed by atoms with Gasteiger partial charge in [-0.15, -0.1) is 0 Å². The standard InChI is InChI=1S/C29H35N3O4/c1-3-8-23(4-2)24-11-13-25(14-12-24)31-16-18-32(19-17-31)29(35)26(27(33)28(30)34)15-20-36-21-22-9-6-5-7-10-22/h3-14,26-27,33H,1-2,15-21H2,(H2,30,34)/b23-8+/t26-,27+/m0/s1. The van der Waals surface area contributed by atoms with Crippen LogP contribution >= 0.6 is 0 Å². The summed E-state index contributed by atoms with van der Waals surface area (Å²) in [6.45, 7) is 10.5. The SMILES string of the molecule is C=C/C=C(\C=C)c1ccc(N2CCN(C(=O)[C@@H](CCOCc3ccccc3)[C@@H](O)C(N)=O)CC2)cc1. The number of hydrogen-bond donors (Lipinski definition) is 2. The van der Waals surface area contributed by atoms with E-state index in [2.05, 4.69) is 30.2 Å². The number of allylic oxidation sites excluding steroid dienone is 4. The Bertz CT molecular complexity index is 1060. The third kappa shape index (κ3) is 7.16. The number of carbonyl (C=O) groups excluding carboxylic acids is 2. The first-order valence-corrected chi connectivity index (χ1v) is 12.1. The second-order valence-corrected chi connectivity index (χ2v) is 8.70. The van der Waals surface area contributed by atoms with Gasteiger partial charge < -0.3 is 25.4 Å². The zero-order chi connectivity index (χ0) is 25.9. The van der Waals surface area contributed by atoms with Crippen molar-refractivity contribution in [2.75, 3.05) is 37.7 Å².